The van der Waals surface area contributed by atoms with Crippen molar-refractivity contribution in [2.24, 2.45) is 17.8 Å². The van der Waals surface area contributed by atoms with E-state index in [0.29, 0.717) is 5.41 Å². The molecule has 0 amide bonds. The Labute approximate surface area is 353 Å². The molecule has 59 heavy (non-hydrogen) atoms. The van der Waals surface area contributed by atoms with Gasteiger partial charge in [-0.15, -0.1) is 0 Å². The van der Waals surface area contributed by atoms with Crippen molar-refractivity contribution in [3.63, 3.8) is 0 Å². The van der Waals surface area contributed by atoms with Gasteiger partial charge in [-0.1, -0.05) is 160 Å². The van der Waals surface area contributed by atoms with Gasteiger partial charge in [-0.2, -0.15) is 0 Å². The molecule has 0 N–H and O–H groups in total. The number of anilines is 3. The summed E-state index contributed by atoms with van der Waals surface area (Å²) in [5.74, 6) is 2.92. The Morgan fingerprint density at radius 2 is 0.847 bits per heavy atom. The molecule has 0 radical (unpaired) electrons. The average molecular weight is 782 g/mol. The number of fused-ring (bicyclic) bond motifs is 3. The highest BCUT2D eigenvalue weighted by molar-refractivity contribution is 6.70. The molecule has 0 saturated heterocycles. The zero-order chi connectivity index (χ0) is 39.9. The lowest BCUT2D eigenvalue weighted by Gasteiger charge is -2.57. The van der Waals surface area contributed by atoms with E-state index in [9.17, 15) is 0 Å². The van der Waals surface area contributed by atoms with Crippen molar-refractivity contribution >= 4 is 31.0 Å². The van der Waals surface area contributed by atoms with Gasteiger partial charge in [0.15, 0.2) is 0 Å². The highest BCUT2D eigenvalue weighted by atomic mass is 28.3. The van der Waals surface area contributed by atoms with Crippen LogP contribution in [0.1, 0.15) is 69.1 Å². The maximum absolute atomic E-state index is 2.47. The summed E-state index contributed by atoms with van der Waals surface area (Å²) in [6, 6.07) is 62.5. The Balaban J connectivity index is 0.886. The summed E-state index contributed by atoms with van der Waals surface area (Å²) in [4.78, 5) is 2.43. The van der Waals surface area contributed by atoms with E-state index in [1.165, 1.54) is 105 Å². The van der Waals surface area contributed by atoms with Crippen LogP contribution in [0, 0.1) is 17.8 Å². The molecule has 0 aliphatic heterocycles. The maximum atomic E-state index is 2.47. The molecular weight excluding hydrogens is 727 g/mol. The van der Waals surface area contributed by atoms with Crippen molar-refractivity contribution < 1.29 is 0 Å². The summed E-state index contributed by atoms with van der Waals surface area (Å²) in [6.45, 7) is 9.51. The third kappa shape index (κ3) is 6.34. The van der Waals surface area contributed by atoms with Crippen LogP contribution in [0.3, 0.4) is 0 Å². The number of benzene rings is 7. The van der Waals surface area contributed by atoms with Crippen molar-refractivity contribution in [2.75, 3.05) is 4.90 Å². The lowest BCUT2D eigenvalue weighted by Crippen LogP contribution is -2.48. The minimum Gasteiger partial charge on any atom is -0.310 e. The van der Waals surface area contributed by atoms with Gasteiger partial charge < -0.3 is 4.90 Å². The first-order valence-electron chi connectivity index (χ1n) is 22.3. The minimum atomic E-state index is -0.826. The van der Waals surface area contributed by atoms with E-state index < -0.39 is 8.80 Å². The Morgan fingerprint density at radius 1 is 0.441 bits per heavy atom. The molecule has 0 unspecified atom stereocenters. The quantitative estimate of drug-likeness (QED) is 0.139. The van der Waals surface area contributed by atoms with Crippen LogP contribution < -0.4 is 10.1 Å². The molecule has 4 bridgehead atoms. The summed E-state index contributed by atoms with van der Waals surface area (Å²) in [5.41, 5.74) is 18.5. The normalized spacial score (nSPS) is 22.0. The molecule has 0 spiro atoms. The Morgan fingerprint density at radius 3 is 1.34 bits per heavy atom. The Bertz CT molecular complexity index is 2610. The Kier molecular flexibility index (Phi) is 8.75. The maximum Gasteiger partial charge on any atom is 0.0647 e. The topological polar surface area (TPSA) is 3.24 Å². The molecule has 0 heterocycles. The molecule has 7 aromatic rings. The van der Waals surface area contributed by atoms with Crippen LogP contribution in [0.4, 0.5) is 17.1 Å². The van der Waals surface area contributed by atoms with E-state index in [2.05, 4.69) is 196 Å². The van der Waals surface area contributed by atoms with Gasteiger partial charge in [0.25, 0.3) is 0 Å². The molecule has 5 aliphatic carbocycles. The van der Waals surface area contributed by atoms with Gasteiger partial charge in [-0.25, -0.2) is 0 Å². The lowest BCUT2D eigenvalue weighted by atomic mass is 9.48. The second-order valence-corrected chi connectivity index (χ2v) is 22.4. The fourth-order valence-electron chi connectivity index (χ4n) is 12.3. The van der Waals surface area contributed by atoms with E-state index in [-0.39, 0.29) is 5.41 Å². The van der Waals surface area contributed by atoms with Gasteiger partial charge in [0.2, 0.25) is 0 Å². The standard InChI is InChI=1S/C57H55NSi/c1-56(2)54-8-6-5-7-52(54)53-30-27-50(34-55(53)56)58(49-25-17-45(18-26-49)46-19-28-51(29-20-46)59(3)4)48-23-15-44(16-24-48)42-11-9-41(10-12-42)43-13-21-47(22-14-43)57-35-38-31-39(36-57)33-40(32-38)37-57/h5-30,34,38-40,59H,31-33,35-37H2,1-4H3. The fourth-order valence-corrected chi connectivity index (χ4v) is 13.2. The lowest BCUT2D eigenvalue weighted by molar-refractivity contribution is -0.00518. The van der Waals surface area contributed by atoms with E-state index in [1.807, 2.05) is 0 Å². The van der Waals surface area contributed by atoms with Crippen LogP contribution in [0.5, 0.6) is 0 Å². The Hall–Kier alpha value is -5.44. The first-order chi connectivity index (χ1) is 28.7. The van der Waals surface area contributed by atoms with E-state index in [1.54, 1.807) is 5.56 Å². The van der Waals surface area contributed by atoms with Crippen LogP contribution in [0.2, 0.25) is 13.1 Å². The molecule has 2 heteroatoms. The van der Waals surface area contributed by atoms with Gasteiger partial charge >= 0.3 is 0 Å². The molecule has 4 fully saturated rings. The summed E-state index contributed by atoms with van der Waals surface area (Å²) < 4.78 is 0. The van der Waals surface area contributed by atoms with Crippen LogP contribution >= 0.6 is 0 Å². The first kappa shape index (κ1) is 36.6. The smallest absolute Gasteiger partial charge is 0.0647 e. The van der Waals surface area contributed by atoms with Crippen molar-refractivity contribution in [2.45, 2.75) is 76.3 Å². The second kappa shape index (κ2) is 14.1. The highest BCUT2D eigenvalue weighted by Crippen LogP contribution is 2.61. The number of nitrogens with zero attached hydrogens (tertiary/aromatic N) is 1. The summed E-state index contributed by atoms with van der Waals surface area (Å²) in [6.07, 6.45) is 8.75. The second-order valence-electron chi connectivity index (χ2n) is 19.5. The molecule has 0 atom stereocenters. The third-order valence-electron chi connectivity index (χ3n) is 15.1. The first-order valence-corrected chi connectivity index (χ1v) is 25.2. The summed E-state index contributed by atoms with van der Waals surface area (Å²) in [7, 11) is -0.826. The van der Waals surface area contributed by atoms with Crippen molar-refractivity contribution in [3.8, 4) is 44.5 Å². The molecule has 1 nitrogen and oxygen atoms in total. The van der Waals surface area contributed by atoms with Gasteiger partial charge in [0, 0.05) is 22.5 Å². The highest BCUT2D eigenvalue weighted by Gasteiger charge is 2.51. The predicted octanol–water partition coefficient (Wildman–Crippen LogP) is 14.6. The zero-order valence-corrected chi connectivity index (χ0v) is 36.2. The number of hydrogen-bond donors (Lipinski definition) is 0. The predicted molar refractivity (Wildman–Crippen MR) is 253 cm³/mol. The number of hydrogen-bond acceptors (Lipinski definition) is 1. The van der Waals surface area contributed by atoms with Crippen LogP contribution in [0.15, 0.2) is 164 Å². The molecule has 5 aliphatic rings. The SMILES string of the molecule is C[SiH](C)c1ccc(-c2ccc(N(c3ccc(-c4ccc(-c5ccc(C67CC8CC(CC(C8)C6)C7)cc5)cc4)cc3)c3ccc4c(c3)C(C)(C)c3ccccc3-4)cc2)cc1. The zero-order valence-electron chi connectivity index (χ0n) is 35.1. The third-order valence-corrected chi connectivity index (χ3v) is 16.8. The molecular formula is C57H55NSi. The average Bonchev–Trinajstić information content (AvgIpc) is 3.49. The van der Waals surface area contributed by atoms with Gasteiger partial charge in [0.1, 0.15) is 0 Å². The van der Waals surface area contributed by atoms with Gasteiger partial charge in [0.05, 0.1) is 8.80 Å². The molecule has 0 aromatic heterocycles. The van der Waals surface area contributed by atoms with Gasteiger partial charge in [-0.05, 0) is 159 Å². The minimum absolute atomic E-state index is 0.0744. The van der Waals surface area contributed by atoms with Crippen molar-refractivity contribution in [1.82, 2.24) is 0 Å². The van der Waals surface area contributed by atoms with Gasteiger partial charge in [-0.3, -0.25) is 0 Å². The molecule has 7 aromatic carbocycles. The molecule has 292 valence electrons. The fraction of sp³-hybridized carbons (Fsp3) is 0.263. The summed E-state index contributed by atoms with van der Waals surface area (Å²) >= 11 is 0. The van der Waals surface area contributed by atoms with Crippen LogP contribution in [0.25, 0.3) is 44.5 Å². The van der Waals surface area contributed by atoms with Crippen molar-refractivity contribution in [1.29, 1.82) is 0 Å². The molecule has 4 saturated carbocycles. The van der Waals surface area contributed by atoms with Crippen LogP contribution in [-0.4, -0.2) is 8.80 Å². The van der Waals surface area contributed by atoms with E-state index >= 15 is 0 Å². The monoisotopic (exact) mass is 781 g/mol. The summed E-state index contributed by atoms with van der Waals surface area (Å²) in [5, 5.41) is 1.51. The van der Waals surface area contributed by atoms with E-state index in [4.69, 9.17) is 0 Å². The van der Waals surface area contributed by atoms with Crippen molar-refractivity contribution in [3.05, 3.63) is 180 Å². The van der Waals surface area contributed by atoms with E-state index in [0.717, 1.165) is 29.1 Å². The largest absolute Gasteiger partial charge is 0.310 e. The van der Waals surface area contributed by atoms with Crippen LogP contribution in [-0.2, 0) is 10.8 Å². The number of rotatable bonds is 8. The molecule has 12 rings (SSSR count).